The molecule has 0 aliphatic carbocycles. The lowest BCUT2D eigenvalue weighted by Gasteiger charge is -2.42. The summed E-state index contributed by atoms with van der Waals surface area (Å²) in [5.41, 5.74) is 0. The Bertz CT molecular complexity index is 1390. The maximum absolute atomic E-state index is 13.0. The summed E-state index contributed by atoms with van der Waals surface area (Å²) >= 11 is 0. The Morgan fingerprint density at radius 1 is 0.464 bits per heavy atom. The molecule has 4 unspecified atom stereocenters. The van der Waals surface area contributed by atoms with Crippen LogP contribution < -0.4 is 0 Å². The van der Waals surface area contributed by atoms with Crippen molar-refractivity contribution < 1.29 is 73.8 Å². The van der Waals surface area contributed by atoms with Gasteiger partial charge in [0.15, 0.2) is 18.7 Å². The molecule has 400 valence electrons. The second kappa shape index (κ2) is 41.0. The van der Waals surface area contributed by atoms with Crippen molar-refractivity contribution >= 4 is 11.9 Å². The molecule has 15 heteroatoms. The Kier molecular flexibility index (Phi) is 37.2. The summed E-state index contributed by atoms with van der Waals surface area (Å²) in [6.45, 7) is 2.52. The Hall–Kier alpha value is -2.54. The Balaban J connectivity index is 1.82. The molecule has 15 nitrogen and oxygen atoms in total. The van der Waals surface area contributed by atoms with Crippen LogP contribution in [-0.2, 0) is 38.0 Å². The topological polar surface area (TPSA) is 231 Å². The minimum atomic E-state index is -1.77. The van der Waals surface area contributed by atoms with Gasteiger partial charge in [-0.05, 0) is 51.4 Å². The first-order valence-corrected chi connectivity index (χ1v) is 26.7. The maximum Gasteiger partial charge on any atom is 0.306 e. The third-order valence-corrected chi connectivity index (χ3v) is 12.6. The molecule has 0 amide bonds. The van der Waals surface area contributed by atoms with E-state index in [0.717, 1.165) is 44.9 Å². The largest absolute Gasteiger partial charge is 0.462 e. The molecule has 0 spiro atoms. The minimum Gasteiger partial charge on any atom is -0.462 e. The molecule has 0 aromatic carbocycles. The molecular weight excluding hydrogens is 889 g/mol. The predicted octanol–water partition coefficient (Wildman–Crippen LogP) is 7.88. The van der Waals surface area contributed by atoms with Gasteiger partial charge in [0, 0.05) is 12.8 Å². The van der Waals surface area contributed by atoms with Crippen molar-refractivity contribution in [3.05, 3.63) is 48.6 Å². The SMILES string of the molecule is CCCCC/C=C/C/C=C/C/C=C/C/C=C/CCCC(=O)O[C@@H](COC(=O)CCCCCCCCCCCCCCCCCC)CO[C@@H]1O[C@H](CO[C@@H]2O[C@H](CO)[C@H](O)C(O)C2O)[C@H](O)C(O)C1O. The van der Waals surface area contributed by atoms with E-state index in [-0.39, 0.29) is 19.4 Å². The lowest BCUT2D eigenvalue weighted by Crippen LogP contribution is -2.61. The van der Waals surface area contributed by atoms with Crippen molar-refractivity contribution in [2.24, 2.45) is 0 Å². The summed E-state index contributed by atoms with van der Waals surface area (Å²) in [6, 6.07) is 0. The van der Waals surface area contributed by atoms with Crippen LogP contribution in [-0.4, -0.2) is 142 Å². The Morgan fingerprint density at radius 2 is 0.884 bits per heavy atom. The van der Waals surface area contributed by atoms with Crippen LogP contribution in [0.5, 0.6) is 0 Å². The van der Waals surface area contributed by atoms with Crippen molar-refractivity contribution in [1.29, 1.82) is 0 Å². The van der Waals surface area contributed by atoms with E-state index in [1.165, 1.54) is 96.3 Å². The average molecular weight is 983 g/mol. The Morgan fingerprint density at radius 3 is 1.41 bits per heavy atom. The van der Waals surface area contributed by atoms with Gasteiger partial charge >= 0.3 is 11.9 Å². The van der Waals surface area contributed by atoms with E-state index in [0.29, 0.717) is 19.3 Å². The van der Waals surface area contributed by atoms with Gasteiger partial charge in [-0.15, -0.1) is 0 Å². The van der Waals surface area contributed by atoms with E-state index >= 15 is 0 Å². The fourth-order valence-electron chi connectivity index (χ4n) is 8.15. The first kappa shape index (κ1) is 62.6. The van der Waals surface area contributed by atoms with Gasteiger partial charge < -0.3 is 64.2 Å². The minimum absolute atomic E-state index is 0.0898. The van der Waals surface area contributed by atoms with Crippen molar-refractivity contribution in [2.75, 3.05) is 26.4 Å². The second-order valence-corrected chi connectivity index (χ2v) is 18.7. The molecule has 2 saturated heterocycles. The summed E-state index contributed by atoms with van der Waals surface area (Å²) in [7, 11) is 0. The summed E-state index contributed by atoms with van der Waals surface area (Å²) in [5.74, 6) is -0.987. The fourth-order valence-corrected chi connectivity index (χ4v) is 8.15. The number of hydrogen-bond donors (Lipinski definition) is 7. The number of unbranched alkanes of at least 4 members (excludes halogenated alkanes) is 19. The first-order valence-electron chi connectivity index (χ1n) is 26.7. The molecule has 2 rings (SSSR count). The average Bonchev–Trinajstić information content (AvgIpc) is 3.34. The molecule has 0 radical (unpaired) electrons. The van der Waals surface area contributed by atoms with Crippen LogP contribution in [0.4, 0.5) is 0 Å². The van der Waals surface area contributed by atoms with Crippen molar-refractivity contribution in [2.45, 2.75) is 255 Å². The quantitative estimate of drug-likeness (QED) is 0.0176. The van der Waals surface area contributed by atoms with Gasteiger partial charge in [0.1, 0.15) is 55.4 Å². The highest BCUT2D eigenvalue weighted by Crippen LogP contribution is 2.26. The number of carbonyl (C=O) groups excluding carboxylic acids is 2. The van der Waals surface area contributed by atoms with Crippen molar-refractivity contribution in [3.63, 3.8) is 0 Å². The van der Waals surface area contributed by atoms with Gasteiger partial charge in [-0.3, -0.25) is 9.59 Å². The van der Waals surface area contributed by atoms with Crippen LogP contribution in [0.2, 0.25) is 0 Å². The van der Waals surface area contributed by atoms with Crippen LogP contribution in [0.15, 0.2) is 48.6 Å². The maximum atomic E-state index is 13.0. The van der Waals surface area contributed by atoms with E-state index in [9.17, 15) is 45.3 Å². The number of esters is 2. The number of aliphatic hydroxyl groups is 7. The van der Waals surface area contributed by atoms with Crippen molar-refractivity contribution in [3.8, 4) is 0 Å². The normalized spacial score (nSPS) is 25.9. The highest BCUT2D eigenvalue weighted by atomic mass is 16.7. The molecular formula is C54H94O15. The number of allylic oxidation sites excluding steroid dienone is 8. The number of hydrogen-bond acceptors (Lipinski definition) is 15. The summed E-state index contributed by atoms with van der Waals surface area (Å²) in [5, 5.41) is 72.1. The van der Waals surface area contributed by atoms with E-state index in [1.807, 2.05) is 12.2 Å². The standard InChI is InChI=1S/C54H94O15/c1-3-5-7-9-11-13-15-17-19-21-23-25-27-29-31-33-35-37-46(57)67-42(39-64-45(56)36-34-32-30-28-26-24-22-20-18-16-14-12-10-8-6-4-2)40-65-53-52(63)50(61)48(59)44(69-53)41-66-54-51(62)49(60)47(58)43(38-55)68-54/h11,13,17,19,23,25,29,31,42-44,47-55,58-63H,3-10,12,14-16,18,20-22,24,26-28,30,32-41H2,1-2H3/b13-11+,19-17+,25-23+,31-29+/t42-,43+,44+,47-,48-,49?,50?,51?,52?,53+,54+/m0/s1. The molecule has 0 bridgehead atoms. The van der Waals surface area contributed by atoms with Crippen LogP contribution in [0.1, 0.15) is 187 Å². The van der Waals surface area contributed by atoms with E-state index in [4.69, 9.17) is 28.4 Å². The third kappa shape index (κ3) is 28.9. The molecule has 0 aromatic heterocycles. The summed E-state index contributed by atoms with van der Waals surface area (Å²) in [4.78, 5) is 25.8. The number of ether oxygens (including phenoxy) is 6. The number of rotatable bonds is 41. The molecule has 11 atom stereocenters. The highest BCUT2D eigenvalue weighted by Gasteiger charge is 2.47. The van der Waals surface area contributed by atoms with Gasteiger partial charge in [-0.2, -0.15) is 0 Å². The third-order valence-electron chi connectivity index (χ3n) is 12.6. The van der Waals surface area contributed by atoms with E-state index in [1.54, 1.807) is 0 Å². The zero-order chi connectivity index (χ0) is 50.3. The zero-order valence-electron chi connectivity index (χ0n) is 42.3. The highest BCUT2D eigenvalue weighted by molar-refractivity contribution is 5.70. The Labute approximate surface area is 414 Å². The monoisotopic (exact) mass is 983 g/mol. The lowest BCUT2D eigenvalue weighted by molar-refractivity contribution is -0.332. The zero-order valence-corrected chi connectivity index (χ0v) is 42.3. The predicted molar refractivity (Wildman–Crippen MR) is 266 cm³/mol. The van der Waals surface area contributed by atoms with E-state index in [2.05, 4.69) is 50.3 Å². The number of carbonyl (C=O) groups is 2. The molecule has 2 heterocycles. The molecule has 2 aliphatic heterocycles. The van der Waals surface area contributed by atoms with Crippen LogP contribution in [0.25, 0.3) is 0 Å². The first-order chi connectivity index (χ1) is 33.5. The lowest BCUT2D eigenvalue weighted by atomic mass is 9.98. The van der Waals surface area contributed by atoms with Gasteiger partial charge in [-0.25, -0.2) is 0 Å². The summed E-state index contributed by atoms with van der Waals surface area (Å²) < 4.78 is 33.5. The molecule has 2 fully saturated rings. The van der Waals surface area contributed by atoms with E-state index < -0.39 is 99.3 Å². The van der Waals surface area contributed by atoms with Crippen molar-refractivity contribution in [1.82, 2.24) is 0 Å². The second-order valence-electron chi connectivity index (χ2n) is 18.7. The van der Waals surface area contributed by atoms with Gasteiger partial charge in [0.2, 0.25) is 0 Å². The molecule has 2 aliphatic rings. The molecule has 0 aromatic rings. The van der Waals surface area contributed by atoms with Gasteiger partial charge in [-0.1, -0.05) is 172 Å². The van der Waals surface area contributed by atoms with Gasteiger partial charge in [0.05, 0.1) is 19.8 Å². The van der Waals surface area contributed by atoms with Crippen LogP contribution in [0.3, 0.4) is 0 Å². The van der Waals surface area contributed by atoms with Crippen LogP contribution >= 0.6 is 0 Å². The number of aliphatic hydroxyl groups excluding tert-OH is 7. The molecule has 69 heavy (non-hydrogen) atoms. The fraction of sp³-hybridized carbons (Fsp3) is 0.815. The van der Waals surface area contributed by atoms with Crippen LogP contribution in [0, 0.1) is 0 Å². The molecule has 7 N–H and O–H groups in total. The smallest absolute Gasteiger partial charge is 0.306 e. The summed E-state index contributed by atoms with van der Waals surface area (Å²) in [6.07, 6.45) is 28.5. The van der Waals surface area contributed by atoms with Gasteiger partial charge in [0.25, 0.3) is 0 Å². The molecule has 0 saturated carbocycles.